The average molecular weight is 228 g/mol. The van der Waals surface area contributed by atoms with Crippen LogP contribution in [-0.4, -0.2) is 28.8 Å². The summed E-state index contributed by atoms with van der Waals surface area (Å²) in [6.45, 7) is 1.60. The van der Waals surface area contributed by atoms with Gasteiger partial charge in [0.2, 0.25) is 0 Å². The Hall–Kier alpha value is -1.45. The number of benzene rings is 1. The highest BCUT2D eigenvalue weighted by molar-refractivity contribution is 5.78. The molecule has 3 rings (SSSR count). The van der Waals surface area contributed by atoms with E-state index in [9.17, 15) is 5.11 Å². The number of aliphatic hydroxyl groups is 1. The highest BCUT2D eigenvalue weighted by atomic mass is 16.3. The van der Waals surface area contributed by atoms with Gasteiger partial charge in [0.1, 0.15) is 0 Å². The molecular weight excluding hydrogens is 212 g/mol. The second-order valence-electron chi connectivity index (χ2n) is 4.86. The van der Waals surface area contributed by atoms with Crippen LogP contribution in [0.15, 0.2) is 36.5 Å². The van der Waals surface area contributed by atoms with Crippen molar-refractivity contribution in [2.75, 3.05) is 13.1 Å². The van der Waals surface area contributed by atoms with Gasteiger partial charge in [-0.15, -0.1) is 0 Å². The van der Waals surface area contributed by atoms with Gasteiger partial charge in [-0.25, -0.2) is 0 Å². The topological polar surface area (TPSA) is 45.2 Å². The van der Waals surface area contributed by atoms with E-state index in [0.29, 0.717) is 13.0 Å². The van der Waals surface area contributed by atoms with Crippen LogP contribution in [0.2, 0.25) is 0 Å². The lowest BCUT2D eigenvalue weighted by Gasteiger charge is -2.21. The first-order chi connectivity index (χ1) is 8.25. The number of nitrogens with zero attached hydrogens (tertiary/aromatic N) is 1. The lowest BCUT2D eigenvalue weighted by Crippen LogP contribution is -2.33. The Morgan fingerprint density at radius 1 is 1.35 bits per heavy atom. The molecule has 1 unspecified atom stereocenters. The predicted molar refractivity (Wildman–Crippen MR) is 67.9 cm³/mol. The smallest absolute Gasteiger partial charge is 0.0823 e. The van der Waals surface area contributed by atoms with E-state index >= 15 is 0 Å². The summed E-state index contributed by atoms with van der Waals surface area (Å²) in [6.07, 6.45) is 3.35. The SMILES string of the molecule is OC1(Cc2ccc3ncccc3c2)CCNC1. The maximum atomic E-state index is 10.3. The van der Waals surface area contributed by atoms with Crippen LogP contribution in [0.3, 0.4) is 0 Å². The van der Waals surface area contributed by atoms with Gasteiger partial charge in [-0.1, -0.05) is 12.1 Å². The summed E-state index contributed by atoms with van der Waals surface area (Å²) in [5.41, 5.74) is 1.61. The highest BCUT2D eigenvalue weighted by Gasteiger charge is 2.30. The molecule has 1 aliphatic heterocycles. The Morgan fingerprint density at radius 3 is 3.12 bits per heavy atom. The van der Waals surface area contributed by atoms with E-state index in [1.54, 1.807) is 6.20 Å². The zero-order valence-corrected chi connectivity index (χ0v) is 9.69. The number of aromatic nitrogens is 1. The number of hydrogen-bond donors (Lipinski definition) is 2. The first-order valence-corrected chi connectivity index (χ1v) is 6.02. The molecule has 1 aromatic carbocycles. The molecule has 2 aromatic rings. The number of pyridine rings is 1. The molecule has 0 aliphatic carbocycles. The molecule has 88 valence electrons. The number of rotatable bonds is 2. The van der Waals surface area contributed by atoms with Crippen LogP contribution in [0.25, 0.3) is 10.9 Å². The molecule has 2 N–H and O–H groups in total. The Bertz CT molecular complexity index is 532. The molecule has 1 fully saturated rings. The van der Waals surface area contributed by atoms with Gasteiger partial charge >= 0.3 is 0 Å². The normalized spacial score (nSPS) is 24.3. The van der Waals surface area contributed by atoms with E-state index < -0.39 is 5.60 Å². The molecule has 0 bridgehead atoms. The van der Waals surface area contributed by atoms with Crippen molar-refractivity contribution < 1.29 is 5.11 Å². The van der Waals surface area contributed by atoms with E-state index in [1.807, 2.05) is 12.1 Å². The summed E-state index contributed by atoms with van der Waals surface area (Å²) in [6, 6.07) is 10.2. The monoisotopic (exact) mass is 228 g/mol. The summed E-state index contributed by atoms with van der Waals surface area (Å²) < 4.78 is 0. The Kier molecular flexibility index (Phi) is 2.57. The van der Waals surface area contributed by atoms with Crippen LogP contribution in [-0.2, 0) is 6.42 Å². The average Bonchev–Trinajstić information content (AvgIpc) is 2.76. The largest absolute Gasteiger partial charge is 0.388 e. The molecule has 1 aliphatic rings. The van der Waals surface area contributed by atoms with Crippen molar-refractivity contribution in [3.05, 3.63) is 42.1 Å². The van der Waals surface area contributed by atoms with Crippen molar-refractivity contribution in [1.82, 2.24) is 10.3 Å². The Balaban J connectivity index is 1.90. The first kappa shape index (κ1) is 10.7. The summed E-state index contributed by atoms with van der Waals surface area (Å²) in [7, 11) is 0. The van der Waals surface area contributed by atoms with Crippen molar-refractivity contribution in [3.8, 4) is 0 Å². The molecule has 2 heterocycles. The molecule has 0 spiro atoms. The third-order valence-corrected chi connectivity index (χ3v) is 3.42. The molecule has 1 atom stereocenters. The molecular formula is C14H16N2O. The quantitative estimate of drug-likeness (QED) is 0.818. The van der Waals surface area contributed by atoms with Gasteiger partial charge < -0.3 is 10.4 Å². The van der Waals surface area contributed by atoms with Crippen LogP contribution in [0, 0.1) is 0 Å². The summed E-state index contributed by atoms with van der Waals surface area (Å²) in [5.74, 6) is 0. The van der Waals surface area contributed by atoms with Gasteiger partial charge in [0.05, 0.1) is 11.1 Å². The zero-order chi connectivity index (χ0) is 11.7. The van der Waals surface area contributed by atoms with Crippen molar-refractivity contribution in [2.45, 2.75) is 18.4 Å². The molecule has 1 aromatic heterocycles. The van der Waals surface area contributed by atoms with Gasteiger partial charge in [0, 0.05) is 24.5 Å². The number of hydrogen-bond acceptors (Lipinski definition) is 3. The fraction of sp³-hybridized carbons (Fsp3) is 0.357. The highest BCUT2D eigenvalue weighted by Crippen LogP contribution is 2.22. The van der Waals surface area contributed by atoms with E-state index in [-0.39, 0.29) is 0 Å². The van der Waals surface area contributed by atoms with Gasteiger partial charge in [0.15, 0.2) is 0 Å². The van der Waals surface area contributed by atoms with Crippen LogP contribution in [0.4, 0.5) is 0 Å². The van der Waals surface area contributed by atoms with Gasteiger partial charge in [-0.3, -0.25) is 4.98 Å². The van der Waals surface area contributed by atoms with E-state index in [1.165, 1.54) is 5.56 Å². The molecule has 17 heavy (non-hydrogen) atoms. The Morgan fingerprint density at radius 2 is 2.29 bits per heavy atom. The maximum Gasteiger partial charge on any atom is 0.0823 e. The lowest BCUT2D eigenvalue weighted by atomic mass is 9.93. The predicted octanol–water partition coefficient (Wildman–Crippen LogP) is 1.50. The van der Waals surface area contributed by atoms with E-state index in [2.05, 4.69) is 28.5 Å². The van der Waals surface area contributed by atoms with E-state index in [4.69, 9.17) is 0 Å². The van der Waals surface area contributed by atoms with Crippen LogP contribution in [0.1, 0.15) is 12.0 Å². The third-order valence-electron chi connectivity index (χ3n) is 3.42. The second kappa shape index (κ2) is 4.09. The number of nitrogens with one attached hydrogen (secondary N) is 1. The third kappa shape index (κ3) is 2.16. The fourth-order valence-electron chi connectivity index (χ4n) is 2.50. The zero-order valence-electron chi connectivity index (χ0n) is 9.69. The lowest BCUT2D eigenvalue weighted by molar-refractivity contribution is 0.0619. The maximum absolute atomic E-state index is 10.3. The van der Waals surface area contributed by atoms with Gasteiger partial charge in [-0.2, -0.15) is 0 Å². The van der Waals surface area contributed by atoms with Crippen molar-refractivity contribution in [2.24, 2.45) is 0 Å². The minimum atomic E-state index is -0.574. The molecule has 3 nitrogen and oxygen atoms in total. The van der Waals surface area contributed by atoms with Gasteiger partial charge in [-0.05, 0) is 36.7 Å². The number of β-amino-alcohol motifs (C(OH)–C–C–N with tert-alkyl or cyclic N) is 1. The van der Waals surface area contributed by atoms with Crippen molar-refractivity contribution >= 4 is 10.9 Å². The molecule has 0 amide bonds. The van der Waals surface area contributed by atoms with Crippen LogP contribution in [0.5, 0.6) is 0 Å². The Labute approximate surface area is 100 Å². The number of fused-ring (bicyclic) bond motifs is 1. The summed E-state index contributed by atoms with van der Waals surface area (Å²) in [4.78, 5) is 4.30. The summed E-state index contributed by atoms with van der Waals surface area (Å²) >= 11 is 0. The van der Waals surface area contributed by atoms with Crippen molar-refractivity contribution in [3.63, 3.8) is 0 Å². The van der Waals surface area contributed by atoms with E-state index in [0.717, 1.165) is 23.9 Å². The fourth-order valence-corrected chi connectivity index (χ4v) is 2.50. The molecule has 0 saturated carbocycles. The second-order valence-corrected chi connectivity index (χ2v) is 4.86. The summed E-state index contributed by atoms with van der Waals surface area (Å²) in [5, 5.41) is 14.7. The molecule has 0 radical (unpaired) electrons. The molecule has 3 heteroatoms. The van der Waals surface area contributed by atoms with Gasteiger partial charge in [0.25, 0.3) is 0 Å². The first-order valence-electron chi connectivity index (χ1n) is 6.02. The van der Waals surface area contributed by atoms with Crippen molar-refractivity contribution in [1.29, 1.82) is 0 Å². The minimum Gasteiger partial charge on any atom is -0.388 e. The van der Waals surface area contributed by atoms with Crippen LogP contribution < -0.4 is 5.32 Å². The minimum absolute atomic E-state index is 0.574. The van der Waals surface area contributed by atoms with Crippen LogP contribution >= 0.6 is 0 Å². The standard InChI is InChI=1S/C14H16N2O/c17-14(5-7-15-10-14)9-11-3-4-13-12(8-11)2-1-6-16-13/h1-4,6,8,15,17H,5,7,9-10H2. The molecule has 1 saturated heterocycles.